The largest absolute Gasteiger partial charge is 0.464 e. The maximum Gasteiger partial charge on any atom is 0.353 e. The summed E-state index contributed by atoms with van der Waals surface area (Å²) < 4.78 is 4.42. The van der Waals surface area contributed by atoms with Crippen LogP contribution < -0.4 is 16.4 Å². The molecule has 0 aliphatic carbocycles. The summed E-state index contributed by atoms with van der Waals surface area (Å²) >= 11 is 1.29. The fourth-order valence-corrected chi connectivity index (χ4v) is 2.74. The van der Waals surface area contributed by atoms with Crippen LogP contribution in [0, 0.1) is 0 Å². The van der Waals surface area contributed by atoms with Gasteiger partial charge in [0, 0.05) is 17.5 Å². The number of nitrogens with zero attached hydrogens (tertiary/aromatic N) is 1. The molecule has 0 saturated carbocycles. The number of thiazole rings is 1. The number of methoxy groups -OCH3 is 1. The van der Waals surface area contributed by atoms with Gasteiger partial charge in [0.25, 0.3) is 11.8 Å². The summed E-state index contributed by atoms with van der Waals surface area (Å²) in [4.78, 5) is 39.6. The quantitative estimate of drug-likeness (QED) is 0.487. The van der Waals surface area contributed by atoms with Gasteiger partial charge in [-0.1, -0.05) is 37.4 Å². The Kier molecular flexibility index (Phi) is 6.58. The van der Waals surface area contributed by atoms with E-state index in [9.17, 15) is 14.4 Å². The Bertz CT molecular complexity index is 902. The molecular formula is C18H18N4O4S. The molecule has 0 unspecified atom stereocenters. The average Bonchev–Trinajstić information content (AvgIpc) is 3.17. The van der Waals surface area contributed by atoms with Crippen molar-refractivity contribution < 1.29 is 19.1 Å². The molecule has 4 N–H and O–H groups in total. The molecule has 1 aromatic heterocycles. The van der Waals surface area contributed by atoms with E-state index >= 15 is 0 Å². The molecular weight excluding hydrogens is 368 g/mol. The van der Waals surface area contributed by atoms with Crippen molar-refractivity contribution in [3.63, 3.8) is 0 Å². The van der Waals surface area contributed by atoms with Gasteiger partial charge in [-0.05, 0) is 5.56 Å². The van der Waals surface area contributed by atoms with Crippen LogP contribution in [-0.4, -0.2) is 29.9 Å². The third-order valence-corrected chi connectivity index (χ3v) is 4.30. The Morgan fingerprint density at radius 3 is 2.41 bits per heavy atom. The Hall–Kier alpha value is -3.30. The first-order valence-electron chi connectivity index (χ1n) is 7.69. The molecule has 0 bridgehead atoms. The summed E-state index contributed by atoms with van der Waals surface area (Å²) in [7, 11) is 1.15. The lowest BCUT2D eigenvalue weighted by Crippen LogP contribution is -2.35. The predicted molar refractivity (Wildman–Crippen MR) is 101 cm³/mol. The molecule has 1 heterocycles. The van der Waals surface area contributed by atoms with Crippen molar-refractivity contribution in [2.45, 2.75) is 6.54 Å². The first-order chi connectivity index (χ1) is 12.8. The van der Waals surface area contributed by atoms with E-state index in [1.165, 1.54) is 11.3 Å². The molecule has 140 valence electrons. The number of carbonyl (C=O) groups excluding carboxylic acids is 3. The fraction of sp³-hybridized carbons (Fsp3) is 0.111. The lowest BCUT2D eigenvalue weighted by Gasteiger charge is -2.09. The highest BCUT2D eigenvalue weighted by Gasteiger charge is 2.18. The van der Waals surface area contributed by atoms with Crippen LogP contribution in [0.2, 0.25) is 0 Å². The molecule has 2 aromatic rings. The number of rotatable bonds is 7. The molecule has 9 heteroatoms. The molecule has 2 rings (SSSR count). The van der Waals surface area contributed by atoms with Crippen molar-refractivity contribution in [2.75, 3.05) is 7.11 Å². The maximum absolute atomic E-state index is 12.2. The highest BCUT2D eigenvalue weighted by Crippen LogP contribution is 2.24. The van der Waals surface area contributed by atoms with Crippen molar-refractivity contribution in [1.29, 1.82) is 0 Å². The van der Waals surface area contributed by atoms with Gasteiger partial charge in [0.1, 0.15) is 16.4 Å². The number of nitrogens with two attached hydrogens (primary N) is 1. The summed E-state index contributed by atoms with van der Waals surface area (Å²) in [6.07, 6.45) is 0. The minimum Gasteiger partial charge on any atom is -0.464 e. The molecule has 0 aliphatic heterocycles. The third kappa shape index (κ3) is 5.09. The molecule has 27 heavy (non-hydrogen) atoms. The molecule has 0 atom stereocenters. The Morgan fingerprint density at radius 2 is 1.81 bits per heavy atom. The van der Waals surface area contributed by atoms with E-state index in [2.05, 4.69) is 33.5 Å². The summed E-state index contributed by atoms with van der Waals surface area (Å²) in [5, 5.41) is 6.73. The van der Waals surface area contributed by atoms with Crippen LogP contribution in [0.4, 0.5) is 0 Å². The van der Waals surface area contributed by atoms with Gasteiger partial charge in [0.05, 0.1) is 12.8 Å². The third-order valence-electron chi connectivity index (χ3n) is 3.41. The first-order valence-corrected chi connectivity index (χ1v) is 8.57. The topological polar surface area (TPSA) is 123 Å². The zero-order chi connectivity index (χ0) is 20.0. The second kappa shape index (κ2) is 8.88. The van der Waals surface area contributed by atoms with Gasteiger partial charge in [0.2, 0.25) is 0 Å². The molecule has 8 nitrogen and oxygen atoms in total. The van der Waals surface area contributed by atoms with E-state index in [-0.39, 0.29) is 17.1 Å². The van der Waals surface area contributed by atoms with Crippen LogP contribution in [0.1, 0.15) is 16.1 Å². The fourth-order valence-electron chi connectivity index (χ4n) is 1.94. The standard InChI is InChI=1S/C18H18N4O4S/c1-10(15(23)21-11(2)18(25)26-3)20-16(24)14-9-27-17(22-14)13-6-4-12(8-19)5-7-13/h4-7,9H,1-2,8,19H2,3H3,(H,20,24)(H,21,23). The number of hydrogen-bond acceptors (Lipinski definition) is 7. The van der Waals surface area contributed by atoms with Gasteiger partial charge >= 0.3 is 5.97 Å². The van der Waals surface area contributed by atoms with E-state index in [0.29, 0.717) is 11.6 Å². The summed E-state index contributed by atoms with van der Waals surface area (Å²) in [5.74, 6) is -2.18. The van der Waals surface area contributed by atoms with Crippen molar-refractivity contribution in [1.82, 2.24) is 15.6 Å². The zero-order valence-corrected chi connectivity index (χ0v) is 15.4. The number of esters is 1. The molecule has 0 aliphatic rings. The van der Waals surface area contributed by atoms with Crippen LogP contribution in [-0.2, 0) is 20.9 Å². The minimum absolute atomic E-state index is 0.138. The SMILES string of the molecule is C=C(NC(=O)c1csc(-c2ccc(CN)cc2)n1)C(=O)NC(=C)C(=O)OC. The lowest BCUT2D eigenvalue weighted by atomic mass is 10.1. The normalized spacial score (nSPS) is 10.0. The van der Waals surface area contributed by atoms with Crippen LogP contribution in [0.5, 0.6) is 0 Å². The van der Waals surface area contributed by atoms with Crippen LogP contribution >= 0.6 is 11.3 Å². The van der Waals surface area contributed by atoms with Gasteiger partial charge in [0.15, 0.2) is 0 Å². The monoisotopic (exact) mass is 386 g/mol. The Balaban J connectivity index is 2.00. The number of benzene rings is 1. The molecule has 0 saturated heterocycles. The Labute approximate surface area is 159 Å². The number of carbonyl (C=O) groups is 3. The van der Waals surface area contributed by atoms with E-state index in [0.717, 1.165) is 18.2 Å². The molecule has 0 fully saturated rings. The van der Waals surface area contributed by atoms with Crippen molar-refractivity contribution >= 4 is 29.1 Å². The maximum atomic E-state index is 12.2. The summed E-state index contributed by atoms with van der Waals surface area (Å²) in [5.41, 5.74) is 7.02. The van der Waals surface area contributed by atoms with Gasteiger partial charge in [-0.3, -0.25) is 9.59 Å². The second-order valence-electron chi connectivity index (χ2n) is 5.30. The molecule has 0 radical (unpaired) electrons. The van der Waals surface area contributed by atoms with Crippen LogP contribution in [0.3, 0.4) is 0 Å². The number of amides is 2. The minimum atomic E-state index is -0.799. The average molecular weight is 386 g/mol. The van der Waals surface area contributed by atoms with Crippen LogP contribution in [0.15, 0.2) is 54.2 Å². The molecule has 1 aromatic carbocycles. The van der Waals surface area contributed by atoms with E-state index < -0.39 is 17.8 Å². The highest BCUT2D eigenvalue weighted by atomic mass is 32.1. The zero-order valence-electron chi connectivity index (χ0n) is 14.6. The molecule has 2 amide bonds. The number of nitrogens with one attached hydrogen (secondary N) is 2. The number of aromatic nitrogens is 1. The second-order valence-corrected chi connectivity index (χ2v) is 6.15. The van der Waals surface area contributed by atoms with E-state index in [1.54, 1.807) is 5.38 Å². The smallest absolute Gasteiger partial charge is 0.353 e. The Morgan fingerprint density at radius 1 is 1.15 bits per heavy atom. The van der Waals surface area contributed by atoms with Crippen LogP contribution in [0.25, 0.3) is 10.6 Å². The lowest BCUT2D eigenvalue weighted by molar-refractivity contribution is -0.137. The van der Waals surface area contributed by atoms with Crippen molar-refractivity contribution in [3.05, 3.63) is 65.5 Å². The summed E-state index contributed by atoms with van der Waals surface area (Å²) in [6, 6.07) is 7.51. The first kappa shape index (κ1) is 20.0. The summed E-state index contributed by atoms with van der Waals surface area (Å²) in [6.45, 7) is 7.27. The van der Waals surface area contributed by atoms with Gasteiger partial charge in [-0.25, -0.2) is 9.78 Å². The number of hydrogen-bond donors (Lipinski definition) is 3. The highest BCUT2D eigenvalue weighted by molar-refractivity contribution is 7.13. The predicted octanol–water partition coefficient (Wildman–Crippen LogP) is 1.32. The van der Waals surface area contributed by atoms with E-state index in [4.69, 9.17) is 5.73 Å². The van der Waals surface area contributed by atoms with Crippen molar-refractivity contribution in [3.8, 4) is 10.6 Å². The van der Waals surface area contributed by atoms with E-state index in [1.807, 2.05) is 24.3 Å². The van der Waals surface area contributed by atoms with Crippen molar-refractivity contribution in [2.24, 2.45) is 5.73 Å². The molecule has 0 spiro atoms. The van der Waals surface area contributed by atoms with Gasteiger partial charge < -0.3 is 21.1 Å². The van der Waals surface area contributed by atoms with Gasteiger partial charge in [-0.15, -0.1) is 11.3 Å². The van der Waals surface area contributed by atoms with Gasteiger partial charge in [-0.2, -0.15) is 0 Å². The number of ether oxygens (including phenoxy) is 1.